The molecule has 0 spiro atoms. The fourth-order valence-electron chi connectivity index (χ4n) is 2.04. The zero-order valence-corrected chi connectivity index (χ0v) is 11.9. The van der Waals surface area contributed by atoms with Crippen molar-refractivity contribution in [1.29, 1.82) is 0 Å². The number of rotatable bonds is 2. The van der Waals surface area contributed by atoms with Crippen LogP contribution in [0.4, 0.5) is 13.2 Å². The van der Waals surface area contributed by atoms with Gasteiger partial charge in [-0.25, -0.2) is 0 Å². The Morgan fingerprint density at radius 1 is 1.22 bits per heavy atom. The quantitative estimate of drug-likeness (QED) is 0.827. The molecule has 0 aliphatic heterocycles. The van der Waals surface area contributed by atoms with E-state index in [2.05, 4.69) is 15.9 Å². The monoisotopic (exact) mass is 343 g/mol. The van der Waals surface area contributed by atoms with E-state index in [4.69, 9.17) is 5.73 Å². The molecule has 0 aromatic heterocycles. The Hall–Kier alpha value is -0.260. The number of hydrogen-bond donors (Lipinski definition) is 1. The average Bonchev–Trinajstić information content (AvgIpc) is 2.12. The summed E-state index contributed by atoms with van der Waals surface area (Å²) in [7, 11) is 0. The van der Waals surface area contributed by atoms with E-state index in [1.165, 1.54) is 0 Å². The van der Waals surface area contributed by atoms with Crippen LogP contribution in [0.25, 0.3) is 0 Å². The molecule has 0 heterocycles. The Kier molecular flexibility index (Phi) is 5.09. The van der Waals surface area contributed by atoms with Gasteiger partial charge in [0.05, 0.1) is 5.56 Å². The molecule has 1 saturated carbocycles. The van der Waals surface area contributed by atoms with Crippen LogP contribution in [0.2, 0.25) is 0 Å². The summed E-state index contributed by atoms with van der Waals surface area (Å²) in [6.45, 7) is 0. The molecule has 0 amide bonds. The van der Waals surface area contributed by atoms with Crippen LogP contribution in [0.5, 0.6) is 0 Å². The smallest absolute Gasteiger partial charge is 0.324 e. The number of alkyl halides is 3. The molecule has 0 radical (unpaired) electrons. The van der Waals surface area contributed by atoms with Gasteiger partial charge >= 0.3 is 6.18 Å². The normalized spacial score (nSPS) is 17.8. The lowest BCUT2D eigenvalue weighted by Gasteiger charge is -2.31. The second-order valence-electron chi connectivity index (χ2n) is 4.49. The lowest BCUT2D eigenvalue weighted by Crippen LogP contribution is -2.27. The molecule has 1 aliphatic carbocycles. The zero-order chi connectivity index (χ0) is 12.6. The molecule has 1 aromatic rings. The Balaban J connectivity index is 0.00000162. The van der Waals surface area contributed by atoms with Crippen molar-refractivity contribution < 1.29 is 13.2 Å². The highest BCUT2D eigenvalue weighted by Gasteiger charge is 2.33. The van der Waals surface area contributed by atoms with Crippen molar-refractivity contribution in [3.05, 3.63) is 33.8 Å². The molecule has 6 heteroatoms. The number of halogens is 5. The van der Waals surface area contributed by atoms with Crippen molar-refractivity contribution >= 4 is 28.3 Å². The van der Waals surface area contributed by atoms with Gasteiger partial charge < -0.3 is 5.73 Å². The third kappa shape index (κ3) is 3.39. The van der Waals surface area contributed by atoms with Gasteiger partial charge in [0.1, 0.15) is 0 Å². The van der Waals surface area contributed by atoms with Gasteiger partial charge in [0.25, 0.3) is 0 Å². The van der Waals surface area contributed by atoms with E-state index in [1.807, 2.05) is 0 Å². The standard InChI is InChI=1S/C12H13BrF3N.ClH/c13-10-5-8(11(17)7-2-1-3-7)4-9(6-10)12(14,15)16;/h4-7,11H,1-3,17H2;1H/t11-;/m0./s1. The minimum Gasteiger partial charge on any atom is -0.324 e. The summed E-state index contributed by atoms with van der Waals surface area (Å²) in [5.41, 5.74) is 5.92. The second-order valence-corrected chi connectivity index (χ2v) is 5.40. The van der Waals surface area contributed by atoms with E-state index < -0.39 is 11.7 Å². The molecular formula is C12H14BrClF3N. The van der Waals surface area contributed by atoms with Crippen molar-refractivity contribution in [3.63, 3.8) is 0 Å². The minimum absolute atomic E-state index is 0. The van der Waals surface area contributed by atoms with Gasteiger partial charge in [-0.15, -0.1) is 12.4 Å². The SMILES string of the molecule is Cl.N[C@H](c1cc(Br)cc(C(F)(F)F)c1)C1CCC1. The summed E-state index contributed by atoms with van der Waals surface area (Å²) in [6, 6.07) is 3.63. The van der Waals surface area contributed by atoms with Crippen molar-refractivity contribution in [2.45, 2.75) is 31.5 Å². The highest BCUT2D eigenvalue weighted by atomic mass is 79.9. The topological polar surface area (TPSA) is 26.0 Å². The van der Waals surface area contributed by atoms with Crippen LogP contribution >= 0.6 is 28.3 Å². The van der Waals surface area contributed by atoms with Crippen molar-refractivity contribution in [1.82, 2.24) is 0 Å². The third-order valence-corrected chi connectivity index (χ3v) is 3.75. The molecule has 0 unspecified atom stereocenters. The third-order valence-electron chi connectivity index (χ3n) is 3.29. The summed E-state index contributed by atoms with van der Waals surface area (Å²) in [6.07, 6.45) is -1.18. The highest BCUT2D eigenvalue weighted by molar-refractivity contribution is 9.10. The molecule has 1 aliphatic rings. The van der Waals surface area contributed by atoms with Gasteiger partial charge in [-0.05, 0) is 42.5 Å². The molecule has 1 nitrogen and oxygen atoms in total. The predicted octanol–water partition coefficient (Wildman–Crippen LogP) is 4.69. The predicted molar refractivity (Wildman–Crippen MR) is 70.7 cm³/mol. The summed E-state index contributed by atoms with van der Waals surface area (Å²) in [5.74, 6) is 0.324. The van der Waals surface area contributed by atoms with Crippen molar-refractivity contribution in [2.24, 2.45) is 11.7 Å². The fourth-order valence-corrected chi connectivity index (χ4v) is 2.55. The maximum atomic E-state index is 12.6. The lowest BCUT2D eigenvalue weighted by molar-refractivity contribution is -0.137. The highest BCUT2D eigenvalue weighted by Crippen LogP contribution is 2.39. The van der Waals surface area contributed by atoms with Crippen LogP contribution in [0.3, 0.4) is 0 Å². The molecular weight excluding hydrogens is 330 g/mol. The van der Waals surface area contributed by atoms with Gasteiger partial charge in [-0.2, -0.15) is 13.2 Å². The minimum atomic E-state index is -4.32. The summed E-state index contributed by atoms with van der Waals surface area (Å²) in [5, 5.41) is 0. The summed E-state index contributed by atoms with van der Waals surface area (Å²) >= 11 is 3.11. The molecule has 1 atom stereocenters. The first-order chi connectivity index (χ1) is 7.88. The van der Waals surface area contributed by atoms with E-state index in [1.54, 1.807) is 6.07 Å². The largest absolute Gasteiger partial charge is 0.416 e. The van der Waals surface area contributed by atoms with E-state index in [0.29, 0.717) is 16.0 Å². The first-order valence-electron chi connectivity index (χ1n) is 5.51. The first-order valence-corrected chi connectivity index (χ1v) is 6.30. The second kappa shape index (κ2) is 5.80. The zero-order valence-electron chi connectivity index (χ0n) is 9.51. The van der Waals surface area contributed by atoms with Crippen LogP contribution in [0, 0.1) is 5.92 Å². The molecule has 2 N–H and O–H groups in total. The summed E-state index contributed by atoms with van der Waals surface area (Å²) in [4.78, 5) is 0. The molecule has 2 rings (SSSR count). The molecule has 1 fully saturated rings. The number of hydrogen-bond acceptors (Lipinski definition) is 1. The van der Waals surface area contributed by atoms with Gasteiger partial charge in [0.2, 0.25) is 0 Å². The van der Waals surface area contributed by atoms with E-state index in [0.717, 1.165) is 31.4 Å². The maximum Gasteiger partial charge on any atom is 0.416 e. The Labute approximate surface area is 118 Å². The Bertz CT molecular complexity index is 418. The van der Waals surface area contributed by atoms with E-state index >= 15 is 0 Å². The van der Waals surface area contributed by atoms with Gasteiger partial charge in [-0.3, -0.25) is 0 Å². The van der Waals surface area contributed by atoms with E-state index in [-0.39, 0.29) is 18.4 Å². The Morgan fingerprint density at radius 3 is 2.28 bits per heavy atom. The van der Waals surface area contributed by atoms with Crippen molar-refractivity contribution in [3.8, 4) is 0 Å². The maximum absolute atomic E-state index is 12.6. The molecule has 0 bridgehead atoms. The van der Waals surface area contributed by atoms with Crippen LogP contribution in [-0.2, 0) is 6.18 Å². The molecule has 102 valence electrons. The van der Waals surface area contributed by atoms with Crippen LogP contribution < -0.4 is 5.73 Å². The van der Waals surface area contributed by atoms with Gasteiger partial charge in [-0.1, -0.05) is 22.4 Å². The average molecular weight is 345 g/mol. The first kappa shape index (κ1) is 15.8. The van der Waals surface area contributed by atoms with Gasteiger partial charge in [0.15, 0.2) is 0 Å². The van der Waals surface area contributed by atoms with Crippen LogP contribution in [0.1, 0.15) is 36.4 Å². The summed E-state index contributed by atoms with van der Waals surface area (Å²) < 4.78 is 38.4. The van der Waals surface area contributed by atoms with Crippen molar-refractivity contribution in [2.75, 3.05) is 0 Å². The molecule has 18 heavy (non-hydrogen) atoms. The van der Waals surface area contributed by atoms with Gasteiger partial charge in [0, 0.05) is 10.5 Å². The number of benzene rings is 1. The Morgan fingerprint density at radius 2 is 1.83 bits per heavy atom. The lowest BCUT2D eigenvalue weighted by atomic mass is 9.77. The fraction of sp³-hybridized carbons (Fsp3) is 0.500. The molecule has 0 saturated heterocycles. The number of nitrogens with two attached hydrogens (primary N) is 1. The van der Waals surface area contributed by atoms with Crippen LogP contribution in [-0.4, -0.2) is 0 Å². The van der Waals surface area contributed by atoms with E-state index in [9.17, 15) is 13.2 Å². The van der Waals surface area contributed by atoms with Crippen LogP contribution in [0.15, 0.2) is 22.7 Å². The molecule has 1 aromatic carbocycles.